The number of hydrogen-bond acceptors (Lipinski definition) is 4. The second-order valence-corrected chi connectivity index (χ2v) is 7.06. The molecular weight excluding hydrogens is 378 g/mol. The van der Waals surface area contributed by atoms with E-state index in [0.29, 0.717) is 23.9 Å². The van der Waals surface area contributed by atoms with E-state index in [-0.39, 0.29) is 29.1 Å². The number of imidazole rings is 1. The molecule has 0 aliphatic carbocycles. The number of rotatable bonds is 7. The average Bonchev–Trinajstić information content (AvgIpc) is 3.01. The molecule has 2 heterocycles. The van der Waals surface area contributed by atoms with Gasteiger partial charge < -0.3 is 4.57 Å². The smallest absolute Gasteiger partial charge is 0.306 e. The number of aromatic amines is 1. The number of fused-ring (bicyclic) bond motifs is 1. The minimum Gasteiger partial charge on any atom is -0.306 e. The van der Waals surface area contributed by atoms with E-state index in [1.165, 1.54) is 4.57 Å². The Morgan fingerprint density at radius 1 is 1.29 bits per heavy atom. The molecule has 7 nitrogen and oxygen atoms in total. The lowest BCUT2D eigenvalue weighted by Crippen LogP contribution is -2.36. The first-order chi connectivity index (χ1) is 13.5. The topological polar surface area (TPSA) is 96.5 Å². The van der Waals surface area contributed by atoms with Gasteiger partial charge in [0.05, 0.1) is 11.6 Å². The van der Waals surface area contributed by atoms with Gasteiger partial charge in [-0.2, -0.15) is 10.2 Å². The average molecular weight is 400 g/mol. The largest absolute Gasteiger partial charge is 0.330 e. The lowest BCUT2D eigenvalue weighted by Gasteiger charge is -2.16. The highest BCUT2D eigenvalue weighted by Crippen LogP contribution is 2.25. The Hall–Kier alpha value is -2.85. The van der Waals surface area contributed by atoms with E-state index in [0.717, 1.165) is 18.4 Å². The van der Waals surface area contributed by atoms with Crippen LogP contribution in [-0.2, 0) is 13.0 Å². The number of hydrogen-bond donors (Lipinski definition) is 1. The predicted molar refractivity (Wildman–Crippen MR) is 109 cm³/mol. The minimum absolute atomic E-state index is 0.0401. The normalized spacial score (nSPS) is 11.2. The molecule has 8 heteroatoms. The number of benzene rings is 1. The van der Waals surface area contributed by atoms with Crippen LogP contribution in [0.4, 0.5) is 0 Å². The van der Waals surface area contributed by atoms with Crippen LogP contribution in [0.2, 0.25) is 5.28 Å². The van der Waals surface area contributed by atoms with Crippen LogP contribution in [0.5, 0.6) is 0 Å². The summed E-state index contributed by atoms with van der Waals surface area (Å²) < 4.78 is 2.93. The number of aryl methyl sites for hydroxylation is 1. The van der Waals surface area contributed by atoms with E-state index in [2.05, 4.69) is 16.0 Å². The first-order valence-electron chi connectivity index (χ1n) is 9.39. The monoisotopic (exact) mass is 399 g/mol. The fraction of sp³-hybridized carbons (Fsp3) is 0.400. The molecule has 0 aliphatic heterocycles. The minimum atomic E-state index is -0.492. The van der Waals surface area contributed by atoms with Gasteiger partial charge in [0.25, 0.3) is 5.56 Å². The first-order valence-corrected chi connectivity index (χ1v) is 9.77. The van der Waals surface area contributed by atoms with Crippen molar-refractivity contribution >= 4 is 22.8 Å². The molecule has 3 aromatic rings. The summed E-state index contributed by atoms with van der Waals surface area (Å²) in [6.45, 7) is 4.32. The molecule has 0 unspecified atom stereocenters. The standard InChI is InChI=1S/C20H22ClN5O2/c1-3-15(4-2)26-16-17(23-19(26)21)24-20(28)25(18(16)27)10-6-9-13-7-5-8-14(11-13)12-22/h5,7-8,11,15H,3-4,6,9-10H2,1-2H3,(H,24,28). The van der Waals surface area contributed by atoms with Crippen molar-refractivity contribution in [2.75, 3.05) is 0 Å². The maximum absolute atomic E-state index is 13.0. The second-order valence-electron chi connectivity index (χ2n) is 6.72. The second kappa shape index (κ2) is 8.44. The number of halogens is 1. The van der Waals surface area contributed by atoms with E-state index < -0.39 is 5.69 Å². The van der Waals surface area contributed by atoms with Gasteiger partial charge >= 0.3 is 5.69 Å². The molecule has 0 saturated heterocycles. The third-order valence-electron chi connectivity index (χ3n) is 5.00. The molecule has 0 atom stereocenters. The Morgan fingerprint density at radius 3 is 2.71 bits per heavy atom. The lowest BCUT2D eigenvalue weighted by atomic mass is 10.1. The summed E-state index contributed by atoms with van der Waals surface area (Å²) in [4.78, 5) is 32.3. The van der Waals surface area contributed by atoms with Gasteiger partial charge in [-0.15, -0.1) is 0 Å². The molecule has 1 aromatic carbocycles. The zero-order valence-corrected chi connectivity index (χ0v) is 16.7. The van der Waals surface area contributed by atoms with Crippen molar-refractivity contribution in [3.63, 3.8) is 0 Å². The Morgan fingerprint density at radius 2 is 2.04 bits per heavy atom. The number of aromatic nitrogens is 4. The van der Waals surface area contributed by atoms with E-state index in [4.69, 9.17) is 16.9 Å². The number of nitrogens with one attached hydrogen (secondary N) is 1. The van der Waals surface area contributed by atoms with Crippen LogP contribution in [0.25, 0.3) is 11.2 Å². The van der Waals surface area contributed by atoms with E-state index in [9.17, 15) is 9.59 Å². The molecular formula is C20H22ClN5O2. The van der Waals surface area contributed by atoms with Gasteiger partial charge in [0.1, 0.15) is 0 Å². The third-order valence-corrected chi connectivity index (χ3v) is 5.26. The van der Waals surface area contributed by atoms with Gasteiger partial charge in [0.15, 0.2) is 11.2 Å². The van der Waals surface area contributed by atoms with Crippen molar-refractivity contribution in [3.8, 4) is 6.07 Å². The zero-order valence-electron chi connectivity index (χ0n) is 15.9. The van der Waals surface area contributed by atoms with Crippen LogP contribution in [-0.4, -0.2) is 19.1 Å². The maximum Gasteiger partial charge on any atom is 0.330 e. The Bertz CT molecular complexity index is 1150. The van der Waals surface area contributed by atoms with Crippen LogP contribution < -0.4 is 11.2 Å². The molecule has 3 rings (SSSR count). The molecule has 28 heavy (non-hydrogen) atoms. The van der Waals surface area contributed by atoms with Crippen molar-refractivity contribution in [2.45, 2.75) is 52.1 Å². The van der Waals surface area contributed by atoms with Gasteiger partial charge in [0.2, 0.25) is 5.28 Å². The van der Waals surface area contributed by atoms with Crippen LogP contribution in [0, 0.1) is 11.3 Å². The molecule has 0 saturated carbocycles. The van der Waals surface area contributed by atoms with Crippen molar-refractivity contribution in [1.29, 1.82) is 5.26 Å². The summed E-state index contributed by atoms with van der Waals surface area (Å²) >= 11 is 6.26. The Labute approximate surface area is 167 Å². The van der Waals surface area contributed by atoms with Crippen molar-refractivity contribution < 1.29 is 0 Å². The molecule has 1 N–H and O–H groups in total. The van der Waals surface area contributed by atoms with Gasteiger partial charge in [-0.25, -0.2) is 4.79 Å². The van der Waals surface area contributed by atoms with Crippen molar-refractivity contribution in [2.24, 2.45) is 0 Å². The lowest BCUT2D eigenvalue weighted by molar-refractivity contribution is 0.480. The highest BCUT2D eigenvalue weighted by atomic mass is 35.5. The molecule has 0 radical (unpaired) electrons. The van der Waals surface area contributed by atoms with Gasteiger partial charge in [-0.3, -0.25) is 14.3 Å². The van der Waals surface area contributed by atoms with E-state index in [1.54, 1.807) is 10.6 Å². The van der Waals surface area contributed by atoms with Crippen molar-refractivity contribution in [1.82, 2.24) is 19.1 Å². The fourth-order valence-electron chi connectivity index (χ4n) is 3.51. The number of nitriles is 1. The highest BCUT2D eigenvalue weighted by Gasteiger charge is 2.20. The van der Waals surface area contributed by atoms with Gasteiger partial charge in [-0.05, 0) is 55.0 Å². The predicted octanol–water partition coefficient (Wildman–Crippen LogP) is 3.41. The molecule has 0 fully saturated rings. The summed E-state index contributed by atoms with van der Waals surface area (Å²) in [5.41, 5.74) is 1.28. The molecule has 0 amide bonds. The number of H-pyrrole nitrogens is 1. The van der Waals surface area contributed by atoms with Crippen LogP contribution >= 0.6 is 11.6 Å². The summed E-state index contributed by atoms with van der Waals surface area (Å²) in [7, 11) is 0. The maximum atomic E-state index is 13.0. The van der Waals surface area contributed by atoms with Crippen molar-refractivity contribution in [3.05, 3.63) is 61.5 Å². The van der Waals surface area contributed by atoms with Gasteiger partial charge in [-0.1, -0.05) is 26.0 Å². The Balaban J connectivity index is 1.93. The summed E-state index contributed by atoms with van der Waals surface area (Å²) in [5.74, 6) is 0. The SMILES string of the molecule is CCC(CC)n1c(Cl)nc2[nH]c(=O)n(CCCc3cccc(C#N)c3)c(=O)c21. The first kappa shape index (κ1) is 19.9. The zero-order chi connectivity index (χ0) is 20.3. The molecule has 0 aliphatic rings. The molecule has 2 aromatic heterocycles. The highest BCUT2D eigenvalue weighted by molar-refractivity contribution is 6.29. The van der Waals surface area contributed by atoms with Gasteiger partial charge in [0, 0.05) is 12.6 Å². The quantitative estimate of drug-likeness (QED) is 0.615. The van der Waals surface area contributed by atoms with Crippen LogP contribution in [0.3, 0.4) is 0 Å². The summed E-state index contributed by atoms with van der Waals surface area (Å²) in [6.07, 6.45) is 2.85. The Kier molecular flexibility index (Phi) is 6.00. The molecule has 0 spiro atoms. The summed E-state index contributed by atoms with van der Waals surface area (Å²) in [5, 5.41) is 9.20. The number of nitrogens with zero attached hydrogens (tertiary/aromatic N) is 4. The van der Waals surface area contributed by atoms with E-state index in [1.807, 2.05) is 32.0 Å². The summed E-state index contributed by atoms with van der Waals surface area (Å²) in [6, 6.07) is 9.47. The van der Waals surface area contributed by atoms with Crippen LogP contribution in [0.15, 0.2) is 33.9 Å². The molecule has 146 valence electrons. The third kappa shape index (κ3) is 3.73. The van der Waals surface area contributed by atoms with Crippen LogP contribution in [0.1, 0.15) is 50.3 Å². The fourth-order valence-corrected chi connectivity index (χ4v) is 3.82. The molecule has 0 bridgehead atoms. The van der Waals surface area contributed by atoms with E-state index >= 15 is 0 Å².